The molecule has 2 N–H and O–H groups in total. The molecular weight excluding hydrogens is 245 g/mol. The molecule has 1 aliphatic rings. The molecule has 6 heteroatoms. The Kier molecular flexibility index (Phi) is 5.01. The van der Waals surface area contributed by atoms with Gasteiger partial charge in [0.05, 0.1) is 6.04 Å². The van der Waals surface area contributed by atoms with E-state index in [-0.39, 0.29) is 5.41 Å². The summed E-state index contributed by atoms with van der Waals surface area (Å²) in [5.74, 6) is -0.599. The van der Waals surface area contributed by atoms with Crippen molar-refractivity contribution in [1.29, 1.82) is 0 Å². The van der Waals surface area contributed by atoms with E-state index in [1.54, 1.807) is 6.92 Å². The molecule has 3 nitrogen and oxygen atoms in total. The molecule has 0 aromatic rings. The quantitative estimate of drug-likeness (QED) is 0.774. The SMILES string of the molecule is CCC1(CNC(C)C(=O)NCC(F)(F)F)CCC1. The number of rotatable bonds is 6. The lowest BCUT2D eigenvalue weighted by molar-refractivity contribution is -0.139. The van der Waals surface area contributed by atoms with Crippen molar-refractivity contribution in [3.8, 4) is 0 Å². The van der Waals surface area contributed by atoms with Crippen LogP contribution >= 0.6 is 0 Å². The molecule has 1 amide bonds. The first-order valence-corrected chi connectivity index (χ1v) is 6.36. The molecule has 1 saturated carbocycles. The molecular formula is C12H21F3N2O. The Morgan fingerprint density at radius 3 is 2.39 bits per heavy atom. The van der Waals surface area contributed by atoms with Gasteiger partial charge in [0.2, 0.25) is 5.91 Å². The molecule has 0 aliphatic heterocycles. The monoisotopic (exact) mass is 266 g/mol. The molecule has 1 fully saturated rings. The summed E-state index contributed by atoms with van der Waals surface area (Å²) in [6.45, 7) is 3.13. The van der Waals surface area contributed by atoms with E-state index in [2.05, 4.69) is 12.2 Å². The Bertz CT molecular complexity index is 282. The normalized spacial score (nSPS) is 20.1. The van der Waals surface area contributed by atoms with Crippen molar-refractivity contribution in [3.05, 3.63) is 0 Å². The molecule has 0 saturated heterocycles. The van der Waals surface area contributed by atoms with E-state index in [0.29, 0.717) is 6.54 Å². The second-order valence-electron chi connectivity index (χ2n) is 5.14. The van der Waals surface area contributed by atoms with Crippen LogP contribution in [0.1, 0.15) is 39.5 Å². The van der Waals surface area contributed by atoms with Crippen LogP contribution in [0.3, 0.4) is 0 Å². The molecule has 0 aromatic carbocycles. The van der Waals surface area contributed by atoms with Crippen LogP contribution < -0.4 is 10.6 Å². The van der Waals surface area contributed by atoms with Gasteiger partial charge in [0.1, 0.15) is 6.54 Å². The van der Waals surface area contributed by atoms with Gasteiger partial charge in [-0.25, -0.2) is 0 Å². The topological polar surface area (TPSA) is 41.1 Å². The zero-order chi connectivity index (χ0) is 13.8. The van der Waals surface area contributed by atoms with Crippen LogP contribution in [0.2, 0.25) is 0 Å². The molecule has 0 radical (unpaired) electrons. The highest BCUT2D eigenvalue weighted by molar-refractivity contribution is 5.81. The standard InChI is InChI=1S/C12H21F3N2O/c1-3-11(5-4-6-11)7-16-9(2)10(18)17-8-12(13,14)15/h9,16H,3-8H2,1-2H3,(H,17,18). The Balaban J connectivity index is 2.27. The van der Waals surface area contributed by atoms with Gasteiger partial charge >= 0.3 is 6.18 Å². The van der Waals surface area contributed by atoms with E-state index in [1.807, 2.05) is 5.32 Å². The van der Waals surface area contributed by atoms with Crippen molar-refractivity contribution in [2.45, 2.75) is 51.7 Å². The van der Waals surface area contributed by atoms with E-state index < -0.39 is 24.7 Å². The average molecular weight is 266 g/mol. The smallest absolute Gasteiger partial charge is 0.346 e. The number of carbonyl (C=O) groups is 1. The fourth-order valence-electron chi connectivity index (χ4n) is 2.13. The van der Waals surface area contributed by atoms with Crippen molar-refractivity contribution in [3.63, 3.8) is 0 Å². The molecule has 1 atom stereocenters. The summed E-state index contributed by atoms with van der Waals surface area (Å²) >= 11 is 0. The number of amides is 1. The zero-order valence-corrected chi connectivity index (χ0v) is 10.9. The molecule has 1 aliphatic carbocycles. The fraction of sp³-hybridized carbons (Fsp3) is 0.917. The predicted molar refractivity (Wildman–Crippen MR) is 63.1 cm³/mol. The lowest BCUT2D eigenvalue weighted by Gasteiger charge is -2.42. The fourth-order valence-corrected chi connectivity index (χ4v) is 2.13. The molecule has 106 valence electrons. The van der Waals surface area contributed by atoms with E-state index in [0.717, 1.165) is 19.3 Å². The number of carbonyl (C=O) groups excluding carboxylic acids is 1. The van der Waals surface area contributed by atoms with Crippen LogP contribution in [0.4, 0.5) is 13.2 Å². The number of hydrogen-bond donors (Lipinski definition) is 2. The average Bonchev–Trinajstić information content (AvgIpc) is 2.23. The van der Waals surface area contributed by atoms with Crippen LogP contribution in [0.15, 0.2) is 0 Å². The van der Waals surface area contributed by atoms with Gasteiger partial charge in [0, 0.05) is 6.54 Å². The summed E-state index contributed by atoms with van der Waals surface area (Å²) in [4.78, 5) is 11.4. The largest absolute Gasteiger partial charge is 0.405 e. The highest BCUT2D eigenvalue weighted by Crippen LogP contribution is 2.43. The number of nitrogens with one attached hydrogen (secondary N) is 2. The zero-order valence-electron chi connectivity index (χ0n) is 10.9. The molecule has 0 aromatic heterocycles. The molecule has 0 heterocycles. The van der Waals surface area contributed by atoms with Gasteiger partial charge in [-0.1, -0.05) is 13.3 Å². The van der Waals surface area contributed by atoms with E-state index >= 15 is 0 Å². The molecule has 1 rings (SSSR count). The minimum absolute atomic E-state index is 0.249. The van der Waals surface area contributed by atoms with E-state index in [4.69, 9.17) is 0 Å². The summed E-state index contributed by atoms with van der Waals surface area (Å²) in [5, 5.41) is 4.92. The second-order valence-corrected chi connectivity index (χ2v) is 5.14. The van der Waals surface area contributed by atoms with Crippen LogP contribution in [0.5, 0.6) is 0 Å². The maximum atomic E-state index is 11.9. The Labute approximate surface area is 106 Å². The first-order valence-electron chi connectivity index (χ1n) is 6.36. The lowest BCUT2D eigenvalue weighted by Crippen LogP contribution is -2.49. The van der Waals surface area contributed by atoms with Crippen molar-refractivity contribution < 1.29 is 18.0 Å². The van der Waals surface area contributed by atoms with Gasteiger partial charge in [-0.05, 0) is 31.6 Å². The molecule has 0 bridgehead atoms. The van der Waals surface area contributed by atoms with Crippen molar-refractivity contribution in [2.75, 3.05) is 13.1 Å². The first-order chi connectivity index (χ1) is 8.28. The third kappa shape index (κ3) is 4.48. The predicted octanol–water partition coefficient (Wildman–Crippen LogP) is 2.22. The summed E-state index contributed by atoms with van der Waals surface area (Å²) in [6.07, 6.45) is 0.149. The maximum Gasteiger partial charge on any atom is 0.405 e. The van der Waals surface area contributed by atoms with Crippen molar-refractivity contribution >= 4 is 5.91 Å². The van der Waals surface area contributed by atoms with Gasteiger partial charge in [0.15, 0.2) is 0 Å². The van der Waals surface area contributed by atoms with Crippen molar-refractivity contribution in [2.24, 2.45) is 5.41 Å². The molecule has 0 spiro atoms. The summed E-state index contributed by atoms with van der Waals surface area (Å²) < 4.78 is 35.8. The number of halogens is 3. The third-order valence-electron chi connectivity index (χ3n) is 3.80. The van der Waals surface area contributed by atoms with Gasteiger partial charge in [0.25, 0.3) is 0 Å². The molecule has 18 heavy (non-hydrogen) atoms. The van der Waals surface area contributed by atoms with Crippen LogP contribution in [0, 0.1) is 5.41 Å². The highest BCUT2D eigenvalue weighted by Gasteiger charge is 2.35. The summed E-state index contributed by atoms with van der Waals surface area (Å²) in [7, 11) is 0. The van der Waals surface area contributed by atoms with E-state index in [9.17, 15) is 18.0 Å². The van der Waals surface area contributed by atoms with Crippen LogP contribution in [-0.4, -0.2) is 31.2 Å². The highest BCUT2D eigenvalue weighted by atomic mass is 19.4. The van der Waals surface area contributed by atoms with Crippen LogP contribution in [-0.2, 0) is 4.79 Å². The second kappa shape index (κ2) is 5.91. The minimum atomic E-state index is -4.35. The third-order valence-corrected chi connectivity index (χ3v) is 3.80. The lowest BCUT2D eigenvalue weighted by atomic mass is 9.67. The van der Waals surface area contributed by atoms with E-state index in [1.165, 1.54) is 6.42 Å². The minimum Gasteiger partial charge on any atom is -0.346 e. The summed E-state index contributed by atoms with van der Waals surface area (Å²) in [6, 6.07) is -0.587. The van der Waals surface area contributed by atoms with Gasteiger partial charge in [-0.2, -0.15) is 13.2 Å². The number of alkyl halides is 3. The maximum absolute atomic E-state index is 11.9. The van der Waals surface area contributed by atoms with Crippen LogP contribution in [0.25, 0.3) is 0 Å². The number of hydrogen-bond acceptors (Lipinski definition) is 2. The Morgan fingerprint density at radius 2 is 2.00 bits per heavy atom. The first kappa shape index (κ1) is 15.3. The van der Waals surface area contributed by atoms with Crippen molar-refractivity contribution in [1.82, 2.24) is 10.6 Å². The van der Waals surface area contributed by atoms with Gasteiger partial charge < -0.3 is 10.6 Å². The Hall–Kier alpha value is -0.780. The van der Waals surface area contributed by atoms with Gasteiger partial charge in [-0.15, -0.1) is 0 Å². The Morgan fingerprint density at radius 1 is 1.39 bits per heavy atom. The van der Waals surface area contributed by atoms with Gasteiger partial charge in [-0.3, -0.25) is 4.79 Å². The molecule has 1 unspecified atom stereocenters. The summed E-state index contributed by atoms with van der Waals surface area (Å²) in [5.41, 5.74) is 0.249.